The number of esters is 1. The van der Waals surface area contributed by atoms with E-state index in [2.05, 4.69) is 27.7 Å². The molecule has 0 aromatic carbocycles. The minimum Gasteiger partial charge on any atom is -0.430 e. The lowest BCUT2D eigenvalue weighted by Gasteiger charge is -2.46. The van der Waals surface area contributed by atoms with E-state index in [1.54, 1.807) is 0 Å². The average molecular weight is 456 g/mol. The number of hydroxylamine groups is 2. The predicted octanol–water partition coefficient (Wildman–Crippen LogP) is 5.66. The molecule has 0 amide bonds. The van der Waals surface area contributed by atoms with Crippen molar-refractivity contribution in [3.8, 4) is 0 Å². The summed E-state index contributed by atoms with van der Waals surface area (Å²) in [4.78, 5) is 18.6. The lowest BCUT2D eigenvalue weighted by atomic mass is 9.68. The van der Waals surface area contributed by atoms with Crippen molar-refractivity contribution in [2.75, 3.05) is 18.8 Å². The minimum absolute atomic E-state index is 0.0254. The molecular formula is C24H41NO5S. The standard InChI is InChI=1S/C24H41NO5S/c1-5-14-25(15-6-2)29-30-31-17-23-13-12-19(22(23,3)4)16-24(23)27-20(21(26)28-24)18-10-8-7-9-11-18/h18-20H,5-17H2,1-4H3. The highest BCUT2D eigenvalue weighted by molar-refractivity contribution is 7.94. The molecule has 4 unspecified atom stereocenters. The molecule has 0 aromatic rings. The normalized spacial score (nSPS) is 37.3. The van der Waals surface area contributed by atoms with E-state index < -0.39 is 5.79 Å². The Morgan fingerprint density at radius 1 is 1.10 bits per heavy atom. The number of hydrogen-bond donors (Lipinski definition) is 0. The van der Waals surface area contributed by atoms with Crippen LogP contribution in [0.5, 0.6) is 0 Å². The Balaban J connectivity index is 1.45. The summed E-state index contributed by atoms with van der Waals surface area (Å²) in [5, 5.41) is 1.88. The van der Waals surface area contributed by atoms with Crippen LogP contribution in [0.1, 0.15) is 91.9 Å². The number of carbonyl (C=O) groups excluding carboxylic acids is 1. The van der Waals surface area contributed by atoms with E-state index >= 15 is 0 Å². The van der Waals surface area contributed by atoms with Crippen LogP contribution in [-0.4, -0.2) is 41.8 Å². The summed E-state index contributed by atoms with van der Waals surface area (Å²) in [5.41, 5.74) is -0.226. The Bertz CT molecular complexity index is 633. The first kappa shape index (κ1) is 23.8. The highest BCUT2D eigenvalue weighted by Gasteiger charge is 2.77. The summed E-state index contributed by atoms with van der Waals surface area (Å²) in [6.45, 7) is 10.6. The molecule has 4 rings (SSSR count). The van der Waals surface area contributed by atoms with Gasteiger partial charge in [0.2, 0.25) is 5.79 Å². The van der Waals surface area contributed by atoms with Crippen LogP contribution in [-0.2, 0) is 23.6 Å². The monoisotopic (exact) mass is 455 g/mol. The molecule has 0 radical (unpaired) electrons. The first-order valence-corrected chi connectivity index (χ1v) is 13.4. The predicted molar refractivity (Wildman–Crippen MR) is 121 cm³/mol. The first-order valence-electron chi connectivity index (χ1n) is 12.5. The highest BCUT2D eigenvalue weighted by atomic mass is 32.2. The third-order valence-electron chi connectivity index (χ3n) is 8.75. The summed E-state index contributed by atoms with van der Waals surface area (Å²) < 4.78 is 18.5. The van der Waals surface area contributed by atoms with Crippen molar-refractivity contribution < 1.29 is 23.6 Å². The fourth-order valence-electron chi connectivity index (χ4n) is 6.82. The molecule has 1 aliphatic heterocycles. The lowest BCUT2D eigenvalue weighted by molar-refractivity contribution is -0.360. The summed E-state index contributed by atoms with van der Waals surface area (Å²) >= 11 is 1.35. The zero-order valence-electron chi connectivity index (χ0n) is 19.8. The Hall–Kier alpha value is -0.340. The summed E-state index contributed by atoms with van der Waals surface area (Å²) in [6, 6.07) is 0. The summed E-state index contributed by atoms with van der Waals surface area (Å²) in [7, 11) is 0. The van der Waals surface area contributed by atoms with Gasteiger partial charge in [0.1, 0.15) is 0 Å². The van der Waals surface area contributed by atoms with E-state index in [1.165, 1.54) is 31.3 Å². The molecule has 6 nitrogen and oxygen atoms in total. The van der Waals surface area contributed by atoms with E-state index in [0.717, 1.165) is 58.0 Å². The van der Waals surface area contributed by atoms with Crippen LogP contribution in [0.25, 0.3) is 0 Å². The van der Waals surface area contributed by atoms with Gasteiger partial charge >= 0.3 is 5.97 Å². The van der Waals surface area contributed by atoms with Crippen LogP contribution < -0.4 is 0 Å². The van der Waals surface area contributed by atoms with E-state index in [4.69, 9.17) is 18.8 Å². The summed E-state index contributed by atoms with van der Waals surface area (Å²) in [5.74, 6) is 0.579. The molecule has 4 aliphatic rings. The number of fused-ring (bicyclic) bond motifs is 3. The van der Waals surface area contributed by atoms with Crippen LogP contribution in [0, 0.1) is 22.7 Å². The van der Waals surface area contributed by atoms with Crippen LogP contribution in [0.2, 0.25) is 0 Å². The quantitative estimate of drug-likeness (QED) is 0.138. The first-order chi connectivity index (χ1) is 14.9. The molecule has 4 fully saturated rings. The van der Waals surface area contributed by atoms with Gasteiger partial charge < -0.3 is 9.47 Å². The topological polar surface area (TPSA) is 57.2 Å². The number of carbonyl (C=O) groups is 1. The van der Waals surface area contributed by atoms with Crippen molar-refractivity contribution in [2.24, 2.45) is 22.7 Å². The van der Waals surface area contributed by atoms with Gasteiger partial charge in [-0.1, -0.05) is 47.0 Å². The third kappa shape index (κ3) is 4.07. The Labute approximate surface area is 192 Å². The molecule has 1 heterocycles. The number of hydrogen-bond acceptors (Lipinski definition) is 7. The Morgan fingerprint density at radius 2 is 1.81 bits per heavy atom. The van der Waals surface area contributed by atoms with Crippen molar-refractivity contribution in [1.29, 1.82) is 0 Å². The molecule has 1 saturated heterocycles. The Morgan fingerprint density at radius 3 is 2.45 bits per heavy atom. The Kier molecular flexibility index (Phi) is 7.29. The van der Waals surface area contributed by atoms with Gasteiger partial charge in [-0.05, 0) is 55.8 Å². The second-order valence-electron chi connectivity index (χ2n) is 10.7. The van der Waals surface area contributed by atoms with Gasteiger partial charge in [0.25, 0.3) is 0 Å². The molecule has 3 aliphatic carbocycles. The minimum atomic E-state index is -0.804. The maximum Gasteiger partial charge on any atom is 0.338 e. The van der Waals surface area contributed by atoms with E-state index in [9.17, 15) is 4.79 Å². The molecular weight excluding hydrogens is 414 g/mol. The SMILES string of the molecule is CCCN(CCC)OOSCC12CCC(CC13OC(=O)C(C1CCCCC1)O3)C2(C)C. The zero-order valence-corrected chi connectivity index (χ0v) is 20.6. The van der Waals surface area contributed by atoms with Crippen molar-refractivity contribution in [1.82, 2.24) is 5.06 Å². The fourth-order valence-corrected chi connectivity index (χ4v) is 7.93. The van der Waals surface area contributed by atoms with Crippen LogP contribution in [0.15, 0.2) is 0 Å². The van der Waals surface area contributed by atoms with E-state index in [1.807, 2.05) is 5.06 Å². The van der Waals surface area contributed by atoms with Gasteiger partial charge in [-0.2, -0.15) is 5.06 Å². The molecule has 2 bridgehead atoms. The smallest absolute Gasteiger partial charge is 0.338 e. The maximum atomic E-state index is 13.0. The highest BCUT2D eigenvalue weighted by Crippen LogP contribution is 2.73. The van der Waals surface area contributed by atoms with Gasteiger partial charge in [-0.25, -0.2) is 4.79 Å². The maximum absolute atomic E-state index is 13.0. The van der Waals surface area contributed by atoms with Gasteiger partial charge in [0.05, 0.1) is 5.41 Å². The largest absolute Gasteiger partial charge is 0.430 e. The fraction of sp³-hybridized carbons (Fsp3) is 0.958. The van der Waals surface area contributed by atoms with Crippen LogP contribution >= 0.6 is 12.0 Å². The molecule has 7 heteroatoms. The second-order valence-corrected chi connectivity index (χ2v) is 11.3. The molecule has 178 valence electrons. The van der Waals surface area contributed by atoms with Gasteiger partial charge in [-0.3, -0.25) is 0 Å². The van der Waals surface area contributed by atoms with Gasteiger partial charge in [0.15, 0.2) is 6.10 Å². The van der Waals surface area contributed by atoms with Gasteiger partial charge in [-0.15, -0.1) is 9.32 Å². The molecule has 4 atom stereocenters. The molecule has 31 heavy (non-hydrogen) atoms. The van der Waals surface area contributed by atoms with Crippen molar-refractivity contribution in [3.63, 3.8) is 0 Å². The van der Waals surface area contributed by atoms with Crippen molar-refractivity contribution in [2.45, 2.75) is 104 Å². The molecule has 0 aromatic heterocycles. The molecule has 0 N–H and O–H groups in total. The summed E-state index contributed by atoms with van der Waals surface area (Å²) in [6.07, 6.45) is 10.4. The molecule has 1 spiro atoms. The van der Waals surface area contributed by atoms with Crippen LogP contribution in [0.4, 0.5) is 0 Å². The number of rotatable bonds is 10. The zero-order chi connectivity index (χ0) is 22.1. The number of nitrogens with zero attached hydrogens (tertiary/aromatic N) is 1. The van der Waals surface area contributed by atoms with Crippen molar-refractivity contribution >= 4 is 18.0 Å². The average Bonchev–Trinajstić information content (AvgIpc) is 3.27. The second kappa shape index (κ2) is 9.49. The number of ether oxygens (including phenoxy) is 2. The third-order valence-corrected chi connectivity index (χ3v) is 9.51. The van der Waals surface area contributed by atoms with Gasteiger partial charge in [0, 0.05) is 37.3 Å². The van der Waals surface area contributed by atoms with Crippen LogP contribution in [0.3, 0.4) is 0 Å². The van der Waals surface area contributed by atoms with Crippen molar-refractivity contribution in [3.05, 3.63) is 0 Å². The lowest BCUT2D eigenvalue weighted by Crippen LogP contribution is -2.52. The van der Waals surface area contributed by atoms with E-state index in [0.29, 0.717) is 17.6 Å². The van der Waals surface area contributed by atoms with E-state index in [-0.39, 0.29) is 22.9 Å². The molecule has 3 saturated carbocycles.